The molecule has 0 bridgehead atoms. The predicted octanol–water partition coefficient (Wildman–Crippen LogP) is 1.09. The van der Waals surface area contributed by atoms with Crippen LogP contribution in [0.25, 0.3) is 0 Å². The molecule has 0 radical (unpaired) electrons. The summed E-state index contributed by atoms with van der Waals surface area (Å²) >= 11 is 1.19. The van der Waals surface area contributed by atoms with Gasteiger partial charge in [0, 0.05) is 37.7 Å². The third-order valence-electron chi connectivity index (χ3n) is 2.14. The van der Waals surface area contributed by atoms with Gasteiger partial charge in [0.25, 0.3) is 0 Å². The summed E-state index contributed by atoms with van der Waals surface area (Å²) in [4.78, 5) is 15.7. The minimum atomic E-state index is 0.0201. The van der Waals surface area contributed by atoms with E-state index in [1.807, 2.05) is 17.8 Å². The molecule has 5 nitrogen and oxygen atoms in total. The van der Waals surface area contributed by atoms with E-state index in [1.165, 1.54) is 11.5 Å². The molecule has 0 N–H and O–H groups in total. The van der Waals surface area contributed by atoms with Crippen LogP contribution in [-0.2, 0) is 13.5 Å². The third-order valence-corrected chi connectivity index (χ3v) is 2.65. The van der Waals surface area contributed by atoms with Crippen molar-refractivity contribution in [3.8, 4) is 0 Å². The zero-order valence-corrected chi connectivity index (χ0v) is 9.07. The topological polar surface area (TPSA) is 60.7 Å². The van der Waals surface area contributed by atoms with E-state index >= 15 is 0 Å². The first kappa shape index (κ1) is 9.97. The van der Waals surface area contributed by atoms with Crippen molar-refractivity contribution < 1.29 is 4.79 Å². The molecule has 2 rings (SSSR count). The lowest BCUT2D eigenvalue weighted by Crippen LogP contribution is -2.05. The highest BCUT2D eigenvalue weighted by Crippen LogP contribution is 2.05. The monoisotopic (exact) mass is 222 g/mol. The number of carbonyl (C=O) groups is 1. The van der Waals surface area contributed by atoms with Gasteiger partial charge in [0.2, 0.25) is 0 Å². The molecule has 0 amide bonds. The van der Waals surface area contributed by atoms with Crippen LogP contribution in [0.4, 0.5) is 0 Å². The summed E-state index contributed by atoms with van der Waals surface area (Å²) in [6.07, 6.45) is 4.66. The lowest BCUT2D eigenvalue weighted by molar-refractivity contribution is 0.0977. The summed E-state index contributed by atoms with van der Waals surface area (Å²) in [6.45, 7) is 0. The molecule has 0 spiro atoms. The van der Waals surface area contributed by atoms with Gasteiger partial charge < -0.3 is 4.57 Å². The van der Waals surface area contributed by atoms with Crippen molar-refractivity contribution in [1.29, 1.82) is 0 Å². The van der Waals surface area contributed by atoms with Crippen LogP contribution in [0.3, 0.4) is 0 Å². The number of rotatable bonds is 4. The maximum atomic E-state index is 11.6. The van der Waals surface area contributed by atoms with E-state index in [2.05, 4.69) is 14.6 Å². The van der Waals surface area contributed by atoms with Gasteiger partial charge >= 0.3 is 0 Å². The molecule has 6 heteroatoms. The quantitative estimate of drug-likeness (QED) is 0.726. The van der Waals surface area contributed by atoms with E-state index in [4.69, 9.17) is 0 Å². The Hall–Kier alpha value is -1.56. The summed E-state index contributed by atoms with van der Waals surface area (Å²) < 4.78 is 5.57. The van der Waals surface area contributed by atoms with E-state index in [0.717, 1.165) is 5.82 Å². The van der Waals surface area contributed by atoms with Crippen molar-refractivity contribution in [3.05, 3.63) is 29.3 Å². The number of Topliss-reactive ketones (excluding diaryl/α,β-unsaturated/α-hetero) is 1. The molecule has 0 aliphatic rings. The van der Waals surface area contributed by atoms with E-state index in [0.29, 0.717) is 18.5 Å². The number of nitrogens with zero attached hydrogens (tertiary/aromatic N) is 4. The zero-order valence-electron chi connectivity index (χ0n) is 8.25. The van der Waals surface area contributed by atoms with Crippen molar-refractivity contribution in [3.63, 3.8) is 0 Å². The molecule has 0 aliphatic carbocycles. The second-order valence-electron chi connectivity index (χ2n) is 3.17. The molecule has 0 fully saturated rings. The Morgan fingerprint density at radius 3 is 3.07 bits per heavy atom. The standard InChI is InChI=1S/C9H10N4OS/c1-13-5-4-10-9(13)3-2-8(14)7-6-15-12-11-7/h4-6H,2-3H2,1H3. The maximum Gasteiger partial charge on any atom is 0.184 e. The fourth-order valence-electron chi connectivity index (χ4n) is 1.28. The minimum absolute atomic E-state index is 0.0201. The first-order valence-corrected chi connectivity index (χ1v) is 5.37. The number of ketones is 1. The Morgan fingerprint density at radius 2 is 2.47 bits per heavy atom. The SMILES string of the molecule is Cn1ccnc1CCC(=O)c1csnn1. The Balaban J connectivity index is 1.95. The summed E-state index contributed by atoms with van der Waals surface area (Å²) in [6, 6.07) is 0. The molecule has 0 atom stereocenters. The van der Waals surface area contributed by atoms with Crippen LogP contribution >= 0.6 is 11.5 Å². The minimum Gasteiger partial charge on any atom is -0.338 e. The molecular weight excluding hydrogens is 212 g/mol. The molecule has 2 aromatic heterocycles. The van der Waals surface area contributed by atoms with Gasteiger partial charge in [0.05, 0.1) is 0 Å². The Kier molecular flexibility index (Phi) is 2.86. The fourth-order valence-corrected chi connectivity index (χ4v) is 1.74. The fraction of sp³-hybridized carbons (Fsp3) is 0.333. The largest absolute Gasteiger partial charge is 0.338 e. The Bertz CT molecular complexity index is 448. The first-order chi connectivity index (χ1) is 7.27. The molecular formula is C9H10N4OS. The van der Waals surface area contributed by atoms with Gasteiger partial charge in [-0.05, 0) is 11.5 Å². The molecule has 0 aliphatic heterocycles. The number of aryl methyl sites for hydroxylation is 2. The van der Waals surface area contributed by atoms with Crippen LogP contribution in [-0.4, -0.2) is 24.9 Å². The van der Waals surface area contributed by atoms with E-state index in [-0.39, 0.29) is 5.78 Å². The van der Waals surface area contributed by atoms with Gasteiger partial charge in [-0.2, -0.15) is 0 Å². The van der Waals surface area contributed by atoms with Gasteiger partial charge in [-0.25, -0.2) is 4.98 Å². The highest BCUT2D eigenvalue weighted by atomic mass is 32.1. The van der Waals surface area contributed by atoms with Gasteiger partial charge in [-0.3, -0.25) is 4.79 Å². The van der Waals surface area contributed by atoms with Gasteiger partial charge in [0.15, 0.2) is 5.78 Å². The molecule has 0 aromatic carbocycles. The number of carbonyl (C=O) groups excluding carboxylic acids is 1. The molecule has 0 unspecified atom stereocenters. The molecule has 2 aromatic rings. The first-order valence-electron chi connectivity index (χ1n) is 4.54. The second kappa shape index (κ2) is 4.31. The van der Waals surface area contributed by atoms with Crippen LogP contribution in [0.15, 0.2) is 17.8 Å². The van der Waals surface area contributed by atoms with Crippen LogP contribution < -0.4 is 0 Å². The lowest BCUT2D eigenvalue weighted by atomic mass is 10.2. The van der Waals surface area contributed by atoms with E-state index in [9.17, 15) is 4.79 Å². The van der Waals surface area contributed by atoms with Crippen molar-refractivity contribution in [2.45, 2.75) is 12.8 Å². The van der Waals surface area contributed by atoms with Crippen LogP contribution in [0, 0.1) is 0 Å². The third kappa shape index (κ3) is 2.27. The number of hydrogen-bond donors (Lipinski definition) is 0. The lowest BCUT2D eigenvalue weighted by Gasteiger charge is -1.99. The van der Waals surface area contributed by atoms with Crippen LogP contribution in [0.1, 0.15) is 22.7 Å². The highest BCUT2D eigenvalue weighted by molar-refractivity contribution is 7.03. The summed E-state index contributed by atoms with van der Waals surface area (Å²) in [5.41, 5.74) is 0.453. The van der Waals surface area contributed by atoms with Crippen molar-refractivity contribution in [2.24, 2.45) is 7.05 Å². The molecule has 78 valence electrons. The van der Waals surface area contributed by atoms with E-state index < -0.39 is 0 Å². The Labute approximate surface area is 90.9 Å². The normalized spacial score (nSPS) is 10.5. The molecule has 0 saturated carbocycles. The number of imidazole rings is 1. The smallest absolute Gasteiger partial charge is 0.184 e. The second-order valence-corrected chi connectivity index (χ2v) is 3.78. The summed E-state index contributed by atoms with van der Waals surface area (Å²) in [5.74, 6) is 0.929. The Morgan fingerprint density at radius 1 is 1.60 bits per heavy atom. The van der Waals surface area contributed by atoms with Gasteiger partial charge in [0.1, 0.15) is 11.5 Å². The molecule has 2 heterocycles. The average molecular weight is 222 g/mol. The van der Waals surface area contributed by atoms with Crippen LogP contribution in [0.2, 0.25) is 0 Å². The summed E-state index contributed by atoms with van der Waals surface area (Å²) in [7, 11) is 1.91. The molecule has 15 heavy (non-hydrogen) atoms. The van der Waals surface area contributed by atoms with E-state index in [1.54, 1.807) is 11.6 Å². The summed E-state index contributed by atoms with van der Waals surface area (Å²) in [5, 5.41) is 5.40. The highest BCUT2D eigenvalue weighted by Gasteiger charge is 2.10. The van der Waals surface area contributed by atoms with Crippen molar-refractivity contribution in [2.75, 3.05) is 0 Å². The van der Waals surface area contributed by atoms with Crippen molar-refractivity contribution >= 4 is 17.3 Å². The van der Waals surface area contributed by atoms with Crippen LogP contribution in [0.5, 0.6) is 0 Å². The molecule has 0 saturated heterocycles. The number of hydrogen-bond acceptors (Lipinski definition) is 5. The average Bonchev–Trinajstić information content (AvgIpc) is 2.85. The predicted molar refractivity (Wildman–Crippen MR) is 55.8 cm³/mol. The maximum absolute atomic E-state index is 11.6. The van der Waals surface area contributed by atoms with Crippen molar-refractivity contribution in [1.82, 2.24) is 19.1 Å². The van der Waals surface area contributed by atoms with Gasteiger partial charge in [-0.1, -0.05) is 4.49 Å². The number of aromatic nitrogens is 4. The van der Waals surface area contributed by atoms with Gasteiger partial charge in [-0.15, -0.1) is 5.10 Å². The zero-order chi connectivity index (χ0) is 10.7.